The van der Waals surface area contributed by atoms with Gasteiger partial charge in [0.25, 0.3) is 0 Å². The van der Waals surface area contributed by atoms with E-state index in [9.17, 15) is 9.59 Å². The summed E-state index contributed by atoms with van der Waals surface area (Å²) in [6.45, 7) is 1.94. The van der Waals surface area contributed by atoms with Gasteiger partial charge >= 0.3 is 11.8 Å². The highest BCUT2D eigenvalue weighted by atomic mass is 16.5. The summed E-state index contributed by atoms with van der Waals surface area (Å²) in [5, 5.41) is 2.82. The van der Waals surface area contributed by atoms with E-state index in [2.05, 4.69) is 17.4 Å². The summed E-state index contributed by atoms with van der Waals surface area (Å²) in [4.78, 5) is 26.6. The van der Waals surface area contributed by atoms with Gasteiger partial charge in [-0.2, -0.15) is 0 Å². The minimum Gasteiger partial charge on any atom is -0.381 e. The molecule has 3 fully saturated rings. The molecule has 3 atom stereocenters. The number of ether oxygens (including phenoxy) is 1. The molecule has 1 saturated carbocycles. The number of likely N-dealkylation sites (tertiary alicyclic amines) is 1. The summed E-state index contributed by atoms with van der Waals surface area (Å²) in [6.07, 6.45) is 2.80. The van der Waals surface area contributed by atoms with Gasteiger partial charge in [0.1, 0.15) is 0 Å². The molecule has 23 heavy (non-hydrogen) atoms. The summed E-state index contributed by atoms with van der Waals surface area (Å²) in [5.41, 5.74) is 1.23. The highest BCUT2D eigenvalue weighted by molar-refractivity contribution is 6.35. The molecule has 0 spiro atoms. The molecule has 0 aromatic heterocycles. The molecule has 2 aliphatic heterocycles. The third kappa shape index (κ3) is 2.85. The maximum Gasteiger partial charge on any atom is 0.312 e. The monoisotopic (exact) mass is 314 g/mol. The topological polar surface area (TPSA) is 58.6 Å². The van der Waals surface area contributed by atoms with Gasteiger partial charge in [0.05, 0.1) is 6.61 Å². The van der Waals surface area contributed by atoms with Crippen LogP contribution >= 0.6 is 0 Å². The molecule has 1 N–H and O–H groups in total. The van der Waals surface area contributed by atoms with Crippen LogP contribution in [0.15, 0.2) is 30.3 Å². The molecule has 5 heteroatoms. The quantitative estimate of drug-likeness (QED) is 0.837. The van der Waals surface area contributed by atoms with Crippen LogP contribution in [-0.4, -0.2) is 48.6 Å². The molecule has 2 saturated heterocycles. The van der Waals surface area contributed by atoms with Crippen molar-refractivity contribution in [2.24, 2.45) is 5.92 Å². The zero-order valence-electron chi connectivity index (χ0n) is 13.1. The van der Waals surface area contributed by atoms with Crippen molar-refractivity contribution in [3.8, 4) is 0 Å². The number of hydrogen-bond donors (Lipinski definition) is 1. The van der Waals surface area contributed by atoms with E-state index in [-0.39, 0.29) is 29.8 Å². The first-order valence-corrected chi connectivity index (χ1v) is 8.48. The lowest BCUT2D eigenvalue weighted by Gasteiger charge is -2.32. The van der Waals surface area contributed by atoms with Gasteiger partial charge in [-0.3, -0.25) is 9.59 Å². The Kier molecular flexibility index (Phi) is 3.81. The van der Waals surface area contributed by atoms with Crippen molar-refractivity contribution in [2.45, 2.75) is 37.3 Å². The molecule has 2 amide bonds. The second kappa shape index (κ2) is 5.96. The number of fused-ring (bicyclic) bond motifs is 1. The molecule has 122 valence electrons. The van der Waals surface area contributed by atoms with Crippen molar-refractivity contribution < 1.29 is 14.3 Å². The van der Waals surface area contributed by atoms with Crippen LogP contribution in [0.2, 0.25) is 0 Å². The van der Waals surface area contributed by atoms with Crippen LogP contribution in [0.3, 0.4) is 0 Å². The Morgan fingerprint density at radius 3 is 2.65 bits per heavy atom. The Balaban J connectivity index is 1.55. The normalized spacial score (nSPS) is 29.9. The molecule has 0 radical (unpaired) electrons. The van der Waals surface area contributed by atoms with Crippen molar-refractivity contribution in [1.82, 2.24) is 10.2 Å². The highest BCUT2D eigenvalue weighted by Gasteiger charge is 2.47. The van der Waals surface area contributed by atoms with Crippen LogP contribution in [0.5, 0.6) is 0 Å². The summed E-state index contributed by atoms with van der Waals surface area (Å²) < 4.78 is 5.66. The fraction of sp³-hybridized carbons (Fsp3) is 0.556. The lowest BCUT2D eigenvalue weighted by atomic mass is 9.84. The van der Waals surface area contributed by atoms with E-state index in [1.54, 1.807) is 4.90 Å². The van der Waals surface area contributed by atoms with Crippen LogP contribution in [0.25, 0.3) is 0 Å². The molecule has 1 aromatic carbocycles. The molecule has 2 heterocycles. The van der Waals surface area contributed by atoms with Crippen LogP contribution in [-0.2, 0) is 14.3 Å². The van der Waals surface area contributed by atoms with Crippen molar-refractivity contribution in [3.63, 3.8) is 0 Å². The molecular weight excluding hydrogens is 292 g/mol. The summed E-state index contributed by atoms with van der Waals surface area (Å²) in [6, 6.07) is 10.6. The number of benzene rings is 1. The first-order valence-electron chi connectivity index (χ1n) is 8.48. The van der Waals surface area contributed by atoms with Crippen molar-refractivity contribution in [2.75, 3.05) is 19.8 Å². The first-order chi connectivity index (χ1) is 11.2. The molecule has 4 rings (SSSR count). The predicted molar refractivity (Wildman–Crippen MR) is 84.8 cm³/mol. The molecule has 5 nitrogen and oxygen atoms in total. The maximum absolute atomic E-state index is 12.6. The highest BCUT2D eigenvalue weighted by Crippen LogP contribution is 2.40. The average molecular weight is 314 g/mol. The minimum atomic E-state index is -0.438. The van der Waals surface area contributed by atoms with E-state index in [0.717, 1.165) is 19.3 Å². The SMILES string of the molecule is O=C(NC1CC1)C(=O)N1CC(c2ccccc2)C2COCCC21. The van der Waals surface area contributed by atoms with E-state index >= 15 is 0 Å². The zero-order chi connectivity index (χ0) is 15.8. The van der Waals surface area contributed by atoms with E-state index in [4.69, 9.17) is 4.74 Å². The lowest BCUT2D eigenvalue weighted by molar-refractivity contribution is -0.147. The summed E-state index contributed by atoms with van der Waals surface area (Å²) >= 11 is 0. The first kappa shape index (κ1) is 14.7. The van der Waals surface area contributed by atoms with Gasteiger partial charge < -0.3 is 15.0 Å². The third-order valence-corrected chi connectivity index (χ3v) is 5.27. The van der Waals surface area contributed by atoms with Crippen molar-refractivity contribution in [1.29, 1.82) is 0 Å². The summed E-state index contributed by atoms with van der Waals surface area (Å²) in [7, 11) is 0. The molecule has 3 aliphatic rings. The Bertz CT molecular complexity index is 600. The van der Waals surface area contributed by atoms with Crippen LogP contribution < -0.4 is 5.32 Å². The van der Waals surface area contributed by atoms with Crippen molar-refractivity contribution >= 4 is 11.8 Å². The maximum atomic E-state index is 12.6. The average Bonchev–Trinajstić information content (AvgIpc) is 3.32. The van der Waals surface area contributed by atoms with Gasteiger partial charge in [-0.25, -0.2) is 0 Å². The van der Waals surface area contributed by atoms with E-state index in [1.807, 2.05) is 18.2 Å². The third-order valence-electron chi connectivity index (χ3n) is 5.27. The Morgan fingerprint density at radius 2 is 1.91 bits per heavy atom. The number of nitrogens with one attached hydrogen (secondary N) is 1. The number of hydrogen-bond acceptors (Lipinski definition) is 3. The minimum absolute atomic E-state index is 0.117. The fourth-order valence-corrected chi connectivity index (χ4v) is 3.89. The van der Waals surface area contributed by atoms with Crippen molar-refractivity contribution in [3.05, 3.63) is 35.9 Å². The Labute approximate surface area is 136 Å². The second-order valence-corrected chi connectivity index (χ2v) is 6.82. The predicted octanol–water partition coefficient (Wildman–Crippen LogP) is 1.30. The smallest absolute Gasteiger partial charge is 0.312 e. The Hall–Kier alpha value is -1.88. The fourth-order valence-electron chi connectivity index (χ4n) is 3.89. The second-order valence-electron chi connectivity index (χ2n) is 6.82. The number of rotatable bonds is 2. The number of carbonyl (C=O) groups excluding carboxylic acids is 2. The van der Waals surface area contributed by atoms with E-state index < -0.39 is 5.91 Å². The molecule has 1 aliphatic carbocycles. The van der Waals surface area contributed by atoms with Crippen LogP contribution in [0, 0.1) is 5.92 Å². The number of nitrogens with zero attached hydrogens (tertiary/aromatic N) is 1. The molecular formula is C18H22N2O3. The van der Waals surface area contributed by atoms with Gasteiger partial charge in [0.2, 0.25) is 0 Å². The largest absolute Gasteiger partial charge is 0.381 e. The van der Waals surface area contributed by atoms with Gasteiger partial charge in [-0.05, 0) is 24.8 Å². The molecule has 1 aromatic rings. The number of amides is 2. The molecule has 3 unspecified atom stereocenters. The van der Waals surface area contributed by atoms with Gasteiger partial charge in [-0.15, -0.1) is 0 Å². The van der Waals surface area contributed by atoms with Gasteiger partial charge in [0, 0.05) is 37.1 Å². The van der Waals surface area contributed by atoms with E-state index in [0.29, 0.717) is 19.8 Å². The van der Waals surface area contributed by atoms with Gasteiger partial charge in [0.15, 0.2) is 0 Å². The lowest BCUT2D eigenvalue weighted by Crippen LogP contribution is -2.48. The van der Waals surface area contributed by atoms with Crippen LogP contribution in [0.1, 0.15) is 30.7 Å². The van der Waals surface area contributed by atoms with E-state index in [1.165, 1.54) is 5.56 Å². The zero-order valence-corrected chi connectivity index (χ0v) is 13.1. The molecule has 0 bridgehead atoms. The summed E-state index contributed by atoms with van der Waals surface area (Å²) in [5.74, 6) is -0.276. The Morgan fingerprint density at radius 1 is 1.13 bits per heavy atom. The van der Waals surface area contributed by atoms with Crippen LogP contribution in [0.4, 0.5) is 0 Å². The number of carbonyl (C=O) groups is 2. The van der Waals surface area contributed by atoms with Gasteiger partial charge in [-0.1, -0.05) is 30.3 Å². The standard InChI is InChI=1S/C18H22N2O3/c21-17(19-13-6-7-13)18(22)20-10-14(12-4-2-1-3-5-12)15-11-23-9-8-16(15)20/h1-5,13-16H,6-11H2,(H,19,21).